The molecule has 2 heterocycles. The summed E-state index contributed by atoms with van der Waals surface area (Å²) in [7, 11) is 0. The summed E-state index contributed by atoms with van der Waals surface area (Å²) >= 11 is 6.16. The minimum absolute atomic E-state index is 0.153. The van der Waals surface area contributed by atoms with Gasteiger partial charge in [0.05, 0.1) is 16.9 Å². The van der Waals surface area contributed by atoms with E-state index in [0.717, 1.165) is 5.69 Å². The number of aromatic carboxylic acids is 1. The Kier molecular flexibility index (Phi) is 4.24. The number of rotatable bonds is 5. The van der Waals surface area contributed by atoms with Crippen LogP contribution in [-0.4, -0.2) is 20.9 Å². The van der Waals surface area contributed by atoms with Crippen molar-refractivity contribution in [3.63, 3.8) is 0 Å². The summed E-state index contributed by atoms with van der Waals surface area (Å²) in [6, 6.07) is 5.26. The van der Waals surface area contributed by atoms with Crippen molar-refractivity contribution in [2.75, 3.05) is 0 Å². The van der Waals surface area contributed by atoms with E-state index >= 15 is 0 Å². The molecule has 6 nitrogen and oxygen atoms in total. The fourth-order valence-corrected chi connectivity index (χ4v) is 2.84. The first-order valence-electron chi connectivity index (χ1n) is 7.49. The zero-order valence-corrected chi connectivity index (χ0v) is 14.3. The zero-order valence-electron chi connectivity index (χ0n) is 13.5. The monoisotopic (exact) mass is 348 g/mol. The highest BCUT2D eigenvalue weighted by Gasteiger charge is 2.18. The van der Waals surface area contributed by atoms with Gasteiger partial charge in [-0.25, -0.2) is 4.79 Å². The number of hydrogen-bond donors (Lipinski definition) is 1. The van der Waals surface area contributed by atoms with Crippen LogP contribution >= 0.6 is 11.6 Å². The van der Waals surface area contributed by atoms with Gasteiger partial charge in [-0.3, -0.25) is 4.68 Å². The molecule has 0 aliphatic rings. The molecule has 3 rings (SSSR count). The van der Waals surface area contributed by atoms with E-state index in [1.165, 1.54) is 0 Å². The largest absolute Gasteiger partial charge is 0.487 e. The Morgan fingerprint density at radius 1 is 1.46 bits per heavy atom. The second-order valence-corrected chi connectivity index (χ2v) is 6.17. The number of nitrogens with zero attached hydrogens (tertiary/aromatic N) is 2. The van der Waals surface area contributed by atoms with E-state index in [1.54, 1.807) is 36.0 Å². The molecule has 0 saturated heterocycles. The lowest BCUT2D eigenvalue weighted by atomic mass is 10.1. The van der Waals surface area contributed by atoms with Crippen LogP contribution in [0, 0.1) is 6.92 Å². The molecule has 0 aliphatic heterocycles. The second kappa shape index (κ2) is 6.20. The van der Waals surface area contributed by atoms with Crippen molar-refractivity contribution >= 4 is 28.5 Å². The topological polar surface area (TPSA) is 77.5 Å². The molecule has 0 radical (unpaired) electrons. The molecule has 1 N–H and O–H groups in total. The minimum Gasteiger partial charge on any atom is -0.487 e. The maximum atomic E-state index is 11.4. The number of furan rings is 1. The van der Waals surface area contributed by atoms with Crippen LogP contribution in [0.4, 0.5) is 0 Å². The van der Waals surface area contributed by atoms with Gasteiger partial charge in [-0.2, -0.15) is 5.10 Å². The van der Waals surface area contributed by atoms with Crippen molar-refractivity contribution in [2.45, 2.75) is 33.4 Å². The Labute approximate surface area is 143 Å². The maximum Gasteiger partial charge on any atom is 0.339 e. The van der Waals surface area contributed by atoms with Crippen LogP contribution in [0.15, 0.2) is 28.8 Å². The van der Waals surface area contributed by atoms with Gasteiger partial charge in [0, 0.05) is 11.4 Å². The SMILES string of the molecule is Cc1oc2ccc(OCc3c(Cl)cnn3C(C)C)cc2c1C(=O)O. The molecule has 126 valence electrons. The number of halogens is 1. The first-order chi connectivity index (χ1) is 11.4. The lowest BCUT2D eigenvalue weighted by Gasteiger charge is -2.12. The van der Waals surface area contributed by atoms with Crippen molar-refractivity contribution in [2.24, 2.45) is 0 Å². The Morgan fingerprint density at radius 3 is 2.88 bits per heavy atom. The van der Waals surface area contributed by atoms with Gasteiger partial charge < -0.3 is 14.3 Å². The Morgan fingerprint density at radius 2 is 2.21 bits per heavy atom. The van der Waals surface area contributed by atoms with Gasteiger partial charge in [0.25, 0.3) is 0 Å². The van der Waals surface area contributed by atoms with Crippen molar-refractivity contribution in [1.82, 2.24) is 9.78 Å². The quantitative estimate of drug-likeness (QED) is 0.737. The molecular formula is C17H17ClN2O4. The summed E-state index contributed by atoms with van der Waals surface area (Å²) in [5.74, 6) is -0.113. The van der Waals surface area contributed by atoms with Crippen LogP contribution in [0.1, 0.15) is 41.7 Å². The highest BCUT2D eigenvalue weighted by atomic mass is 35.5. The third-order valence-electron chi connectivity index (χ3n) is 3.76. The first kappa shape index (κ1) is 16.4. The molecule has 0 fully saturated rings. The third kappa shape index (κ3) is 2.85. The number of hydrogen-bond acceptors (Lipinski definition) is 4. The number of carboxylic acids is 1. The van der Waals surface area contributed by atoms with E-state index in [9.17, 15) is 9.90 Å². The molecule has 0 amide bonds. The summed E-state index contributed by atoms with van der Waals surface area (Å²) < 4.78 is 13.1. The van der Waals surface area contributed by atoms with Gasteiger partial charge >= 0.3 is 5.97 Å². The molecule has 1 aromatic carbocycles. The van der Waals surface area contributed by atoms with Gasteiger partial charge in [-0.15, -0.1) is 0 Å². The molecule has 3 aromatic rings. The van der Waals surface area contributed by atoms with E-state index in [0.29, 0.717) is 27.5 Å². The van der Waals surface area contributed by atoms with Crippen molar-refractivity contribution < 1.29 is 19.1 Å². The first-order valence-corrected chi connectivity index (χ1v) is 7.87. The molecular weight excluding hydrogens is 332 g/mol. The van der Waals surface area contributed by atoms with Crippen LogP contribution in [-0.2, 0) is 6.61 Å². The summed E-state index contributed by atoms with van der Waals surface area (Å²) in [5, 5.41) is 14.6. The normalized spacial score (nSPS) is 11.4. The van der Waals surface area contributed by atoms with E-state index in [2.05, 4.69) is 5.10 Å². The minimum atomic E-state index is -1.02. The summed E-state index contributed by atoms with van der Waals surface area (Å²) in [4.78, 5) is 11.4. The van der Waals surface area contributed by atoms with Gasteiger partial charge in [-0.05, 0) is 39.0 Å². The number of benzene rings is 1. The summed E-state index contributed by atoms with van der Waals surface area (Å²) in [6.45, 7) is 5.88. The zero-order chi connectivity index (χ0) is 17.4. The number of fused-ring (bicyclic) bond motifs is 1. The third-order valence-corrected chi connectivity index (χ3v) is 4.08. The van der Waals surface area contributed by atoms with Crippen LogP contribution in [0.25, 0.3) is 11.0 Å². The Hall–Kier alpha value is -2.47. The molecule has 7 heteroatoms. The average molecular weight is 349 g/mol. The molecule has 0 unspecified atom stereocenters. The lowest BCUT2D eigenvalue weighted by Crippen LogP contribution is -2.10. The average Bonchev–Trinajstić information content (AvgIpc) is 3.03. The van der Waals surface area contributed by atoms with Crippen molar-refractivity contribution in [3.05, 3.63) is 46.4 Å². The van der Waals surface area contributed by atoms with E-state index in [1.807, 2.05) is 13.8 Å². The van der Waals surface area contributed by atoms with Crippen molar-refractivity contribution in [1.29, 1.82) is 0 Å². The lowest BCUT2D eigenvalue weighted by molar-refractivity contribution is 0.0697. The van der Waals surface area contributed by atoms with Gasteiger partial charge in [-0.1, -0.05) is 11.6 Å². The number of carboxylic acid groups (broad SMARTS) is 1. The van der Waals surface area contributed by atoms with Crippen LogP contribution in [0.5, 0.6) is 5.75 Å². The van der Waals surface area contributed by atoms with E-state index in [4.69, 9.17) is 20.8 Å². The highest BCUT2D eigenvalue weighted by molar-refractivity contribution is 6.31. The van der Waals surface area contributed by atoms with Crippen LogP contribution in [0.3, 0.4) is 0 Å². The molecule has 0 bridgehead atoms. The number of aromatic nitrogens is 2. The summed E-state index contributed by atoms with van der Waals surface area (Å²) in [5.41, 5.74) is 1.44. The predicted molar refractivity (Wildman–Crippen MR) is 89.9 cm³/mol. The fourth-order valence-electron chi connectivity index (χ4n) is 2.65. The van der Waals surface area contributed by atoms with E-state index in [-0.39, 0.29) is 18.2 Å². The smallest absolute Gasteiger partial charge is 0.339 e. The fraction of sp³-hybridized carbons (Fsp3) is 0.294. The van der Waals surface area contributed by atoms with Crippen LogP contribution < -0.4 is 4.74 Å². The van der Waals surface area contributed by atoms with Gasteiger partial charge in [0.1, 0.15) is 29.3 Å². The van der Waals surface area contributed by atoms with E-state index < -0.39 is 5.97 Å². The number of aryl methyl sites for hydroxylation is 1. The highest BCUT2D eigenvalue weighted by Crippen LogP contribution is 2.30. The van der Waals surface area contributed by atoms with Crippen molar-refractivity contribution in [3.8, 4) is 5.75 Å². The Bertz CT molecular complexity index is 911. The molecule has 0 atom stereocenters. The molecule has 24 heavy (non-hydrogen) atoms. The predicted octanol–water partition coefficient (Wildman–Crippen LogP) is 4.45. The van der Waals surface area contributed by atoms with Gasteiger partial charge in [0.15, 0.2) is 0 Å². The number of ether oxygens (including phenoxy) is 1. The standard InChI is InChI=1S/C17H17ClN2O4/c1-9(2)20-14(13(18)7-19-20)8-23-11-4-5-15-12(6-11)16(17(21)22)10(3)24-15/h4-7,9H,8H2,1-3H3,(H,21,22). The van der Waals surface area contributed by atoms with Crippen LogP contribution in [0.2, 0.25) is 5.02 Å². The molecule has 0 spiro atoms. The molecule has 2 aromatic heterocycles. The number of carbonyl (C=O) groups is 1. The second-order valence-electron chi connectivity index (χ2n) is 5.76. The van der Waals surface area contributed by atoms with Gasteiger partial charge in [0.2, 0.25) is 0 Å². The maximum absolute atomic E-state index is 11.4. The molecule has 0 aliphatic carbocycles. The Balaban J connectivity index is 1.90. The summed E-state index contributed by atoms with van der Waals surface area (Å²) in [6.07, 6.45) is 1.59. The molecule has 0 saturated carbocycles.